The molecule has 1 rings (SSSR count). The summed E-state index contributed by atoms with van der Waals surface area (Å²) in [6, 6.07) is 5.03. The number of carboxylic acids is 1. The third-order valence-corrected chi connectivity index (χ3v) is 2.97. The van der Waals surface area contributed by atoms with Crippen LogP contribution in [0.5, 0.6) is 5.75 Å². The van der Waals surface area contributed by atoms with Crippen LogP contribution in [0.3, 0.4) is 0 Å². The largest absolute Gasteiger partial charge is 0.496 e. The molecule has 0 radical (unpaired) electrons. The van der Waals surface area contributed by atoms with Crippen LogP contribution in [0.25, 0.3) is 6.08 Å². The van der Waals surface area contributed by atoms with E-state index in [9.17, 15) is 14.7 Å². The van der Waals surface area contributed by atoms with Crippen molar-refractivity contribution in [3.8, 4) is 5.75 Å². The zero-order chi connectivity index (χ0) is 16.9. The predicted octanol–water partition coefficient (Wildman–Crippen LogP) is 3.41. The van der Waals surface area contributed by atoms with E-state index in [0.717, 1.165) is 0 Å². The molecule has 1 amide bonds. The maximum Gasteiger partial charge on any atom is 0.412 e. The normalized spacial score (nSPS) is 11.8. The quantitative estimate of drug-likeness (QED) is 0.792. The lowest BCUT2D eigenvalue weighted by Crippen LogP contribution is -2.34. The Labute approximate surface area is 137 Å². The summed E-state index contributed by atoms with van der Waals surface area (Å²) in [5.74, 6) is -0.646. The van der Waals surface area contributed by atoms with Crippen LogP contribution in [0.4, 0.5) is 4.79 Å². The lowest BCUT2D eigenvalue weighted by Gasteiger charge is -2.19. The highest BCUT2D eigenvalue weighted by Gasteiger charge is 2.19. The van der Waals surface area contributed by atoms with Crippen LogP contribution in [0, 0.1) is 0 Å². The van der Waals surface area contributed by atoms with Gasteiger partial charge in [-0.2, -0.15) is 0 Å². The van der Waals surface area contributed by atoms with Crippen LogP contribution >= 0.6 is 15.9 Å². The van der Waals surface area contributed by atoms with Gasteiger partial charge in [-0.05, 0) is 60.5 Å². The molecule has 0 atom stereocenters. The van der Waals surface area contributed by atoms with Gasteiger partial charge in [-0.1, -0.05) is 6.07 Å². The Morgan fingerprint density at radius 2 is 1.95 bits per heavy atom. The average Bonchev–Trinajstić information content (AvgIpc) is 2.35. The number of halogens is 1. The van der Waals surface area contributed by atoms with Gasteiger partial charge in [0.05, 0.1) is 11.6 Å². The third kappa shape index (κ3) is 5.77. The summed E-state index contributed by atoms with van der Waals surface area (Å²) < 4.78 is 10.8. The number of carbonyl (C=O) groups excluding carboxylic acids is 1. The van der Waals surface area contributed by atoms with Gasteiger partial charge in [-0.3, -0.25) is 5.32 Å². The Bertz CT molecular complexity index is 604. The molecule has 0 heterocycles. The first-order valence-corrected chi connectivity index (χ1v) is 7.20. The number of rotatable bonds is 4. The molecule has 2 N–H and O–H groups in total. The van der Waals surface area contributed by atoms with E-state index in [1.807, 2.05) is 0 Å². The number of amides is 1. The molecule has 6 nitrogen and oxygen atoms in total. The highest BCUT2D eigenvalue weighted by molar-refractivity contribution is 9.10. The first-order valence-electron chi connectivity index (χ1n) is 6.41. The predicted molar refractivity (Wildman–Crippen MR) is 85.7 cm³/mol. The van der Waals surface area contributed by atoms with Gasteiger partial charge in [0.15, 0.2) is 0 Å². The van der Waals surface area contributed by atoms with Crippen molar-refractivity contribution in [2.75, 3.05) is 7.11 Å². The van der Waals surface area contributed by atoms with Gasteiger partial charge in [0.1, 0.15) is 17.0 Å². The molecule has 0 spiro atoms. The molecular weight excluding hydrogens is 354 g/mol. The third-order valence-electron chi connectivity index (χ3n) is 2.35. The van der Waals surface area contributed by atoms with Gasteiger partial charge in [-0.25, -0.2) is 9.59 Å². The first kappa shape index (κ1) is 18.0. The molecule has 7 heteroatoms. The summed E-state index contributed by atoms with van der Waals surface area (Å²) in [5, 5.41) is 11.4. The summed E-state index contributed by atoms with van der Waals surface area (Å²) in [6.45, 7) is 5.08. The van der Waals surface area contributed by atoms with Crippen molar-refractivity contribution in [2.24, 2.45) is 0 Å². The Hall–Kier alpha value is -2.02. The van der Waals surface area contributed by atoms with E-state index in [2.05, 4.69) is 21.2 Å². The number of carbonyl (C=O) groups is 2. The number of carboxylic acid groups (broad SMARTS) is 1. The average molecular weight is 372 g/mol. The number of aliphatic carboxylic acids is 1. The maximum absolute atomic E-state index is 11.7. The minimum absolute atomic E-state index is 0.286. The van der Waals surface area contributed by atoms with Gasteiger partial charge in [0.25, 0.3) is 0 Å². The molecule has 120 valence electrons. The fraction of sp³-hybridized carbons (Fsp3) is 0.333. The van der Waals surface area contributed by atoms with Crippen LogP contribution < -0.4 is 10.1 Å². The van der Waals surface area contributed by atoms with Gasteiger partial charge in [0, 0.05) is 0 Å². The van der Waals surface area contributed by atoms with Crippen molar-refractivity contribution in [3.63, 3.8) is 0 Å². The Morgan fingerprint density at radius 1 is 1.32 bits per heavy atom. The minimum atomic E-state index is -1.27. The zero-order valence-electron chi connectivity index (χ0n) is 12.8. The Balaban J connectivity index is 2.98. The number of ether oxygens (including phenoxy) is 2. The number of hydrogen-bond acceptors (Lipinski definition) is 4. The molecule has 1 aromatic rings. The molecule has 0 unspecified atom stereocenters. The van der Waals surface area contributed by atoms with Crippen LogP contribution in [0.15, 0.2) is 28.4 Å². The SMILES string of the molecule is COc1ccc(/C=C(\NC(=O)OC(C)(C)C)C(=O)O)cc1Br. The Kier molecular flexibility index (Phi) is 5.99. The van der Waals surface area contributed by atoms with E-state index >= 15 is 0 Å². The molecule has 0 aliphatic heterocycles. The summed E-state index contributed by atoms with van der Waals surface area (Å²) >= 11 is 3.31. The molecule has 0 fully saturated rings. The molecule has 0 aliphatic carbocycles. The van der Waals surface area contributed by atoms with E-state index < -0.39 is 17.7 Å². The summed E-state index contributed by atoms with van der Waals surface area (Å²) in [4.78, 5) is 22.9. The molecular formula is C15H18BrNO5. The molecule has 0 aromatic heterocycles. The number of nitrogens with one attached hydrogen (secondary N) is 1. The van der Waals surface area contributed by atoms with E-state index in [1.165, 1.54) is 13.2 Å². The maximum atomic E-state index is 11.7. The van der Waals surface area contributed by atoms with Gasteiger partial charge in [-0.15, -0.1) is 0 Å². The van der Waals surface area contributed by atoms with Crippen molar-refractivity contribution in [2.45, 2.75) is 26.4 Å². The monoisotopic (exact) mass is 371 g/mol. The molecule has 0 saturated carbocycles. The molecule has 1 aromatic carbocycles. The van der Waals surface area contributed by atoms with Gasteiger partial charge >= 0.3 is 12.1 Å². The minimum Gasteiger partial charge on any atom is -0.496 e. The van der Waals surface area contributed by atoms with Gasteiger partial charge in [0.2, 0.25) is 0 Å². The molecule has 0 saturated heterocycles. The van der Waals surface area contributed by atoms with E-state index in [-0.39, 0.29) is 5.70 Å². The van der Waals surface area contributed by atoms with Crippen molar-refractivity contribution in [1.82, 2.24) is 5.32 Å². The highest BCUT2D eigenvalue weighted by Crippen LogP contribution is 2.26. The second-order valence-electron chi connectivity index (χ2n) is 5.38. The number of alkyl carbamates (subject to hydrolysis) is 1. The number of benzene rings is 1. The van der Waals surface area contributed by atoms with Crippen molar-refractivity contribution in [3.05, 3.63) is 33.9 Å². The van der Waals surface area contributed by atoms with Crippen molar-refractivity contribution < 1.29 is 24.2 Å². The van der Waals surface area contributed by atoms with Crippen molar-refractivity contribution >= 4 is 34.1 Å². The summed E-state index contributed by atoms with van der Waals surface area (Å²) in [7, 11) is 1.53. The molecule has 0 aliphatic rings. The second-order valence-corrected chi connectivity index (χ2v) is 6.24. The van der Waals surface area contributed by atoms with E-state index in [4.69, 9.17) is 9.47 Å². The molecule has 22 heavy (non-hydrogen) atoms. The summed E-state index contributed by atoms with van der Waals surface area (Å²) in [6.07, 6.45) is 0.505. The van der Waals surface area contributed by atoms with Gasteiger partial charge < -0.3 is 14.6 Å². The fourth-order valence-electron chi connectivity index (χ4n) is 1.50. The van der Waals surface area contributed by atoms with Crippen LogP contribution in [-0.4, -0.2) is 29.9 Å². The smallest absolute Gasteiger partial charge is 0.412 e. The highest BCUT2D eigenvalue weighted by atomic mass is 79.9. The number of hydrogen-bond donors (Lipinski definition) is 2. The van der Waals surface area contributed by atoms with E-state index in [1.54, 1.807) is 39.0 Å². The lowest BCUT2D eigenvalue weighted by molar-refractivity contribution is -0.133. The van der Waals surface area contributed by atoms with Crippen LogP contribution in [-0.2, 0) is 9.53 Å². The molecule has 0 bridgehead atoms. The second kappa shape index (κ2) is 7.31. The van der Waals surface area contributed by atoms with Crippen molar-refractivity contribution in [1.29, 1.82) is 0 Å². The van der Waals surface area contributed by atoms with Crippen LogP contribution in [0.2, 0.25) is 0 Å². The summed E-state index contributed by atoms with van der Waals surface area (Å²) in [5.41, 5.74) is -0.413. The fourth-order valence-corrected chi connectivity index (χ4v) is 2.06. The van der Waals surface area contributed by atoms with Crippen LogP contribution in [0.1, 0.15) is 26.3 Å². The lowest BCUT2D eigenvalue weighted by atomic mass is 10.2. The number of methoxy groups -OCH3 is 1. The van der Waals surface area contributed by atoms with E-state index in [0.29, 0.717) is 15.8 Å². The standard InChI is InChI=1S/C15H18BrNO5/c1-15(2,3)22-14(20)17-11(13(18)19)8-9-5-6-12(21-4)10(16)7-9/h5-8H,1-4H3,(H,17,20)(H,18,19)/b11-8-. The topological polar surface area (TPSA) is 84.9 Å². The Morgan fingerprint density at radius 3 is 2.41 bits per heavy atom. The first-order chi connectivity index (χ1) is 10.1. The zero-order valence-corrected chi connectivity index (χ0v) is 14.4.